The van der Waals surface area contributed by atoms with Crippen molar-refractivity contribution in [2.75, 3.05) is 13.2 Å². The molecular formula is C9H9ClN4O2. The minimum Gasteiger partial charge on any atom is -0.471 e. The van der Waals surface area contributed by atoms with E-state index in [4.69, 9.17) is 21.1 Å². The van der Waals surface area contributed by atoms with Gasteiger partial charge in [-0.2, -0.15) is 15.1 Å². The van der Waals surface area contributed by atoms with Gasteiger partial charge in [0, 0.05) is 6.42 Å². The lowest BCUT2D eigenvalue weighted by atomic mass is 10.3. The van der Waals surface area contributed by atoms with Crippen LogP contribution in [0.15, 0.2) is 6.20 Å². The van der Waals surface area contributed by atoms with Crippen LogP contribution >= 0.6 is 11.6 Å². The van der Waals surface area contributed by atoms with E-state index in [2.05, 4.69) is 20.2 Å². The third-order valence-electron chi connectivity index (χ3n) is 2.41. The van der Waals surface area contributed by atoms with Crippen LogP contribution in [0.1, 0.15) is 6.42 Å². The van der Waals surface area contributed by atoms with Crippen molar-refractivity contribution < 1.29 is 9.47 Å². The maximum absolute atomic E-state index is 5.78. The van der Waals surface area contributed by atoms with Crippen molar-refractivity contribution in [2.45, 2.75) is 12.5 Å². The molecule has 3 rings (SSSR count). The zero-order valence-corrected chi connectivity index (χ0v) is 9.07. The second-order valence-corrected chi connectivity index (χ2v) is 3.87. The summed E-state index contributed by atoms with van der Waals surface area (Å²) in [5, 5.41) is 7.49. The second-order valence-electron chi connectivity index (χ2n) is 3.53. The summed E-state index contributed by atoms with van der Waals surface area (Å²) in [7, 11) is 0. The van der Waals surface area contributed by atoms with Crippen LogP contribution < -0.4 is 4.74 Å². The van der Waals surface area contributed by atoms with Crippen LogP contribution in [0.3, 0.4) is 0 Å². The van der Waals surface area contributed by atoms with Crippen LogP contribution in [0.2, 0.25) is 5.28 Å². The lowest BCUT2D eigenvalue weighted by Gasteiger charge is -2.10. The van der Waals surface area contributed by atoms with Crippen molar-refractivity contribution in [2.24, 2.45) is 0 Å². The number of fused-ring (bicyclic) bond motifs is 1. The van der Waals surface area contributed by atoms with E-state index in [0.717, 1.165) is 18.4 Å². The molecule has 3 heterocycles. The molecule has 6 nitrogen and oxygen atoms in total. The Morgan fingerprint density at radius 1 is 1.50 bits per heavy atom. The van der Waals surface area contributed by atoms with Crippen LogP contribution in [0.4, 0.5) is 0 Å². The smallest absolute Gasteiger partial charge is 0.229 e. The van der Waals surface area contributed by atoms with Gasteiger partial charge >= 0.3 is 0 Å². The number of halogens is 1. The summed E-state index contributed by atoms with van der Waals surface area (Å²) in [6, 6.07) is 0. The van der Waals surface area contributed by atoms with Crippen molar-refractivity contribution in [1.82, 2.24) is 20.2 Å². The fourth-order valence-electron chi connectivity index (χ4n) is 1.64. The van der Waals surface area contributed by atoms with Crippen molar-refractivity contribution in [3.8, 4) is 5.88 Å². The molecule has 1 N–H and O–H groups in total. The van der Waals surface area contributed by atoms with E-state index < -0.39 is 0 Å². The Bertz CT molecular complexity index is 509. The van der Waals surface area contributed by atoms with Gasteiger partial charge in [0.1, 0.15) is 11.5 Å². The van der Waals surface area contributed by atoms with Crippen LogP contribution in [0.25, 0.3) is 11.0 Å². The van der Waals surface area contributed by atoms with Gasteiger partial charge in [0.2, 0.25) is 11.2 Å². The van der Waals surface area contributed by atoms with Crippen LogP contribution in [0, 0.1) is 0 Å². The van der Waals surface area contributed by atoms with E-state index in [9.17, 15) is 0 Å². The fraction of sp³-hybridized carbons (Fsp3) is 0.444. The standard InChI is InChI=1S/C9H9ClN4O2/c10-9-12-7-6(3-11-14-7)8(13-9)16-5-1-2-15-4-5/h3,5H,1-2,4H2,(H,11,12,13,14). The van der Waals surface area contributed by atoms with Gasteiger partial charge in [-0.25, -0.2) is 0 Å². The third kappa shape index (κ3) is 1.70. The molecule has 0 saturated carbocycles. The number of H-pyrrole nitrogens is 1. The quantitative estimate of drug-likeness (QED) is 0.798. The minimum absolute atomic E-state index is 0.0315. The molecule has 0 aromatic carbocycles. The molecule has 0 spiro atoms. The van der Waals surface area contributed by atoms with Crippen molar-refractivity contribution >= 4 is 22.6 Å². The number of aromatic nitrogens is 4. The number of hydrogen-bond acceptors (Lipinski definition) is 5. The highest BCUT2D eigenvalue weighted by atomic mass is 35.5. The molecule has 84 valence electrons. The number of aromatic amines is 1. The van der Waals surface area contributed by atoms with Gasteiger partial charge in [-0.05, 0) is 11.6 Å². The molecule has 16 heavy (non-hydrogen) atoms. The van der Waals surface area contributed by atoms with E-state index in [-0.39, 0.29) is 11.4 Å². The normalized spacial score (nSPS) is 20.4. The molecule has 2 aromatic heterocycles. The Labute approximate surface area is 95.9 Å². The Morgan fingerprint density at radius 3 is 3.25 bits per heavy atom. The van der Waals surface area contributed by atoms with Crippen LogP contribution in [0.5, 0.6) is 5.88 Å². The van der Waals surface area contributed by atoms with Gasteiger partial charge in [-0.3, -0.25) is 5.10 Å². The summed E-state index contributed by atoms with van der Waals surface area (Å²) in [5.41, 5.74) is 0.578. The number of ether oxygens (including phenoxy) is 2. The van der Waals surface area contributed by atoms with Crippen molar-refractivity contribution in [3.63, 3.8) is 0 Å². The zero-order valence-electron chi connectivity index (χ0n) is 8.31. The summed E-state index contributed by atoms with van der Waals surface area (Å²) in [6.07, 6.45) is 2.52. The largest absolute Gasteiger partial charge is 0.471 e. The summed E-state index contributed by atoms with van der Waals surface area (Å²) < 4.78 is 10.9. The maximum Gasteiger partial charge on any atom is 0.229 e. The first-order valence-electron chi connectivity index (χ1n) is 4.94. The Balaban J connectivity index is 1.97. The molecular weight excluding hydrogens is 232 g/mol. The highest BCUT2D eigenvalue weighted by Crippen LogP contribution is 2.24. The summed E-state index contributed by atoms with van der Waals surface area (Å²) >= 11 is 5.78. The summed E-state index contributed by atoms with van der Waals surface area (Å²) in [5.74, 6) is 0.458. The number of hydrogen-bond donors (Lipinski definition) is 1. The molecule has 0 radical (unpaired) electrons. The second kappa shape index (κ2) is 3.88. The Morgan fingerprint density at radius 2 is 2.44 bits per heavy atom. The molecule has 1 atom stereocenters. The molecule has 1 aliphatic rings. The summed E-state index contributed by atoms with van der Waals surface area (Å²) in [6.45, 7) is 1.30. The fourth-order valence-corrected chi connectivity index (χ4v) is 1.80. The summed E-state index contributed by atoms with van der Waals surface area (Å²) in [4.78, 5) is 8.05. The Hall–Kier alpha value is -1.40. The SMILES string of the molecule is Clc1nc(OC2CCOC2)c2cn[nH]c2n1. The minimum atomic E-state index is 0.0315. The number of nitrogens with zero attached hydrogens (tertiary/aromatic N) is 3. The van der Waals surface area contributed by atoms with Gasteiger partial charge in [-0.1, -0.05) is 0 Å². The van der Waals surface area contributed by atoms with Crippen LogP contribution in [-0.4, -0.2) is 39.5 Å². The van der Waals surface area contributed by atoms with Gasteiger partial charge in [0.25, 0.3) is 0 Å². The molecule has 2 aromatic rings. The first-order chi connectivity index (χ1) is 7.83. The molecule has 1 fully saturated rings. The molecule has 0 amide bonds. The lowest BCUT2D eigenvalue weighted by Crippen LogP contribution is -2.16. The maximum atomic E-state index is 5.78. The average Bonchev–Trinajstić information content (AvgIpc) is 2.87. The predicted octanol–water partition coefficient (Wildman–Crippen LogP) is 1.17. The number of nitrogens with one attached hydrogen (secondary N) is 1. The van der Waals surface area contributed by atoms with Gasteiger partial charge in [0.05, 0.1) is 19.4 Å². The van der Waals surface area contributed by atoms with Crippen molar-refractivity contribution in [1.29, 1.82) is 0 Å². The molecule has 1 saturated heterocycles. The highest BCUT2D eigenvalue weighted by molar-refractivity contribution is 6.28. The highest BCUT2D eigenvalue weighted by Gasteiger charge is 2.20. The van der Waals surface area contributed by atoms with Gasteiger partial charge in [0.15, 0.2) is 5.65 Å². The van der Waals surface area contributed by atoms with E-state index in [1.165, 1.54) is 0 Å². The molecule has 1 unspecified atom stereocenters. The van der Waals surface area contributed by atoms with E-state index in [0.29, 0.717) is 18.1 Å². The first kappa shape index (κ1) is 9.80. The molecule has 0 aliphatic carbocycles. The van der Waals surface area contributed by atoms with Gasteiger partial charge in [-0.15, -0.1) is 0 Å². The predicted molar refractivity (Wildman–Crippen MR) is 56.5 cm³/mol. The van der Waals surface area contributed by atoms with E-state index in [1.54, 1.807) is 6.20 Å². The van der Waals surface area contributed by atoms with Crippen LogP contribution in [-0.2, 0) is 4.74 Å². The monoisotopic (exact) mass is 240 g/mol. The third-order valence-corrected chi connectivity index (χ3v) is 2.58. The molecule has 7 heteroatoms. The Kier molecular flexibility index (Phi) is 2.37. The van der Waals surface area contributed by atoms with E-state index >= 15 is 0 Å². The van der Waals surface area contributed by atoms with E-state index in [1.807, 2.05) is 0 Å². The van der Waals surface area contributed by atoms with Gasteiger partial charge < -0.3 is 9.47 Å². The molecule has 1 aliphatic heterocycles. The first-order valence-corrected chi connectivity index (χ1v) is 5.32. The topological polar surface area (TPSA) is 72.9 Å². The average molecular weight is 241 g/mol. The molecule has 0 bridgehead atoms. The van der Waals surface area contributed by atoms with Crippen molar-refractivity contribution in [3.05, 3.63) is 11.5 Å². The number of rotatable bonds is 2. The lowest BCUT2D eigenvalue weighted by molar-refractivity contribution is 0.139. The zero-order chi connectivity index (χ0) is 11.0.